The Bertz CT molecular complexity index is 1110. The zero-order chi connectivity index (χ0) is 20.8. The molecule has 2 aromatic heterocycles. The van der Waals surface area contributed by atoms with Crippen molar-refractivity contribution < 1.29 is 10.0 Å². The number of phenols is 1. The number of aromatic hydroxyl groups is 1. The molecule has 2 aliphatic rings. The fraction of sp³-hybridized carbons (Fsp3) is 0.478. The minimum Gasteiger partial charge on any atom is -0.508 e. The summed E-state index contributed by atoms with van der Waals surface area (Å²) in [5.41, 5.74) is 2.43. The number of aryl methyl sites for hydroxylation is 1. The predicted octanol–water partition coefficient (Wildman–Crippen LogP) is 2.28. The topological polar surface area (TPSA) is 73.7 Å². The number of piperazine rings is 1. The molecular formula is C23H29N4O2S+. The minimum atomic E-state index is 0.0380. The zero-order valence-electron chi connectivity index (χ0n) is 17.6. The Kier molecular flexibility index (Phi) is 5.03. The monoisotopic (exact) mass is 425 g/mol. The van der Waals surface area contributed by atoms with Gasteiger partial charge in [-0.05, 0) is 61.9 Å². The first-order valence-corrected chi connectivity index (χ1v) is 11.7. The van der Waals surface area contributed by atoms with E-state index in [4.69, 9.17) is 4.98 Å². The minimum absolute atomic E-state index is 0.0380. The summed E-state index contributed by atoms with van der Waals surface area (Å²) < 4.78 is 0. The number of thiophene rings is 1. The summed E-state index contributed by atoms with van der Waals surface area (Å²) in [6, 6.07) is 7.57. The van der Waals surface area contributed by atoms with E-state index in [0.717, 1.165) is 67.2 Å². The maximum atomic E-state index is 12.9. The van der Waals surface area contributed by atoms with Crippen LogP contribution in [0.5, 0.6) is 5.75 Å². The molecule has 1 saturated heterocycles. The lowest BCUT2D eigenvalue weighted by Gasteiger charge is -2.36. The Morgan fingerprint density at radius 1 is 1.27 bits per heavy atom. The van der Waals surface area contributed by atoms with Gasteiger partial charge in [0.05, 0.1) is 31.6 Å². The van der Waals surface area contributed by atoms with Crippen molar-refractivity contribution in [2.45, 2.75) is 39.2 Å². The largest absolute Gasteiger partial charge is 0.508 e. The third-order valence-corrected chi connectivity index (χ3v) is 7.98. The van der Waals surface area contributed by atoms with Crippen molar-refractivity contribution in [2.24, 2.45) is 5.92 Å². The van der Waals surface area contributed by atoms with Crippen LogP contribution in [0, 0.1) is 5.92 Å². The molecule has 0 unspecified atom stereocenters. The molecule has 0 radical (unpaired) electrons. The number of phenolic OH excluding ortho intramolecular Hbond substituents is 1. The van der Waals surface area contributed by atoms with Gasteiger partial charge in [-0.1, -0.05) is 6.92 Å². The molecule has 30 heavy (non-hydrogen) atoms. The molecule has 1 aliphatic heterocycles. The van der Waals surface area contributed by atoms with Crippen LogP contribution in [0.25, 0.3) is 10.2 Å². The smallest absolute Gasteiger partial charge is 0.260 e. The van der Waals surface area contributed by atoms with Gasteiger partial charge < -0.3 is 19.9 Å². The van der Waals surface area contributed by atoms with E-state index >= 15 is 0 Å². The number of nitrogens with zero attached hydrogens (tertiary/aromatic N) is 2. The highest BCUT2D eigenvalue weighted by Gasteiger charge is 2.29. The van der Waals surface area contributed by atoms with E-state index in [1.165, 1.54) is 15.3 Å². The molecule has 5 rings (SSSR count). The van der Waals surface area contributed by atoms with Gasteiger partial charge in [-0.3, -0.25) is 4.79 Å². The molecule has 3 heterocycles. The summed E-state index contributed by atoms with van der Waals surface area (Å²) in [5.74, 6) is 1.80. The molecule has 1 aromatic carbocycles. The summed E-state index contributed by atoms with van der Waals surface area (Å²) in [6.07, 6.45) is 3.23. The highest BCUT2D eigenvalue weighted by molar-refractivity contribution is 7.18. The predicted molar refractivity (Wildman–Crippen MR) is 121 cm³/mol. The van der Waals surface area contributed by atoms with E-state index in [0.29, 0.717) is 11.7 Å². The molecule has 0 spiro atoms. The lowest BCUT2D eigenvalue weighted by Crippen LogP contribution is -3.14. The first kappa shape index (κ1) is 19.6. The number of fused-ring (bicyclic) bond motifs is 3. The third kappa shape index (κ3) is 3.50. The summed E-state index contributed by atoms with van der Waals surface area (Å²) in [6.45, 7) is 8.33. The molecule has 158 valence electrons. The van der Waals surface area contributed by atoms with Crippen molar-refractivity contribution in [2.75, 3.05) is 31.1 Å². The first-order valence-electron chi connectivity index (χ1n) is 10.9. The second-order valence-corrected chi connectivity index (χ2v) is 9.95. The van der Waals surface area contributed by atoms with Gasteiger partial charge in [0.15, 0.2) is 5.82 Å². The maximum absolute atomic E-state index is 12.9. The lowest BCUT2D eigenvalue weighted by molar-refractivity contribution is -0.930. The summed E-state index contributed by atoms with van der Waals surface area (Å²) in [7, 11) is 0. The number of aromatic amines is 1. The van der Waals surface area contributed by atoms with Crippen molar-refractivity contribution in [3.63, 3.8) is 0 Å². The maximum Gasteiger partial charge on any atom is 0.260 e. The highest BCUT2D eigenvalue weighted by atomic mass is 32.1. The Morgan fingerprint density at radius 2 is 2.00 bits per heavy atom. The number of hydrogen-bond acceptors (Lipinski definition) is 5. The average molecular weight is 426 g/mol. The number of aromatic nitrogens is 2. The van der Waals surface area contributed by atoms with Crippen LogP contribution in [0.4, 0.5) is 5.69 Å². The van der Waals surface area contributed by atoms with E-state index in [1.54, 1.807) is 23.5 Å². The molecule has 1 fully saturated rings. The van der Waals surface area contributed by atoms with Crippen LogP contribution in [0.1, 0.15) is 42.6 Å². The molecule has 0 saturated carbocycles. The SMILES string of the molecule is C[C@H]1CCc2c(sc3nc([C@H](C)[NH+]4CCN(c5ccc(O)cc5)CC4)[nH]c(=O)c23)C1. The molecular weight excluding hydrogens is 396 g/mol. The van der Waals surface area contributed by atoms with Crippen molar-refractivity contribution in [3.8, 4) is 5.75 Å². The molecule has 0 bridgehead atoms. The van der Waals surface area contributed by atoms with E-state index in [9.17, 15) is 9.90 Å². The van der Waals surface area contributed by atoms with Crippen LogP contribution >= 0.6 is 11.3 Å². The van der Waals surface area contributed by atoms with Crippen LogP contribution in [-0.4, -0.2) is 41.3 Å². The Labute approximate surface area is 180 Å². The molecule has 3 N–H and O–H groups in total. The van der Waals surface area contributed by atoms with Gasteiger partial charge in [-0.15, -0.1) is 11.3 Å². The number of nitrogens with one attached hydrogen (secondary N) is 2. The van der Waals surface area contributed by atoms with Crippen LogP contribution in [0.15, 0.2) is 29.1 Å². The second-order valence-electron chi connectivity index (χ2n) is 8.87. The second kappa shape index (κ2) is 7.71. The first-order chi connectivity index (χ1) is 14.5. The summed E-state index contributed by atoms with van der Waals surface area (Å²) in [4.78, 5) is 27.1. The highest BCUT2D eigenvalue weighted by Crippen LogP contribution is 2.35. The van der Waals surface area contributed by atoms with Gasteiger partial charge in [-0.25, -0.2) is 4.98 Å². The average Bonchev–Trinajstić information content (AvgIpc) is 3.11. The number of hydrogen-bond donors (Lipinski definition) is 3. The van der Waals surface area contributed by atoms with E-state index in [1.807, 2.05) is 12.1 Å². The number of anilines is 1. The van der Waals surface area contributed by atoms with Crippen LogP contribution in [0.3, 0.4) is 0 Å². The molecule has 6 nitrogen and oxygen atoms in total. The third-order valence-electron chi connectivity index (χ3n) is 6.83. The zero-order valence-corrected chi connectivity index (χ0v) is 18.4. The van der Waals surface area contributed by atoms with Gasteiger partial charge in [-0.2, -0.15) is 0 Å². The van der Waals surface area contributed by atoms with Gasteiger partial charge >= 0.3 is 0 Å². The Balaban J connectivity index is 1.34. The lowest BCUT2D eigenvalue weighted by atomic mass is 9.89. The standard InChI is InChI=1S/C23H28N4O2S/c1-14-3-8-18-19(13-14)30-23-20(18)22(29)24-21(25-23)15(2)26-9-11-27(12-10-26)16-4-6-17(28)7-5-16/h4-7,14-15,28H,3,8-13H2,1-2H3,(H,24,25,29)/p+1/t14-,15-/m0/s1. The Morgan fingerprint density at radius 3 is 2.73 bits per heavy atom. The number of H-pyrrole nitrogens is 1. The summed E-state index contributed by atoms with van der Waals surface area (Å²) in [5, 5.41) is 10.3. The van der Waals surface area contributed by atoms with Crippen molar-refractivity contribution in [3.05, 3.63) is 50.9 Å². The molecule has 2 atom stereocenters. The van der Waals surface area contributed by atoms with Crippen LogP contribution in [0.2, 0.25) is 0 Å². The van der Waals surface area contributed by atoms with Crippen molar-refractivity contribution >= 4 is 27.2 Å². The normalized spacial score (nSPS) is 21.0. The molecule has 7 heteroatoms. The van der Waals surface area contributed by atoms with Gasteiger partial charge in [0.2, 0.25) is 0 Å². The number of quaternary nitrogens is 1. The van der Waals surface area contributed by atoms with Crippen LogP contribution < -0.4 is 15.4 Å². The quantitative estimate of drug-likeness (QED) is 0.602. The number of benzene rings is 1. The van der Waals surface area contributed by atoms with Gasteiger partial charge in [0.1, 0.15) is 16.6 Å². The van der Waals surface area contributed by atoms with E-state index in [-0.39, 0.29) is 11.6 Å². The molecule has 1 aliphatic carbocycles. The fourth-order valence-electron chi connectivity index (χ4n) is 4.91. The van der Waals surface area contributed by atoms with E-state index < -0.39 is 0 Å². The van der Waals surface area contributed by atoms with Crippen molar-refractivity contribution in [1.29, 1.82) is 0 Å². The van der Waals surface area contributed by atoms with E-state index in [2.05, 4.69) is 23.7 Å². The summed E-state index contributed by atoms with van der Waals surface area (Å²) >= 11 is 1.73. The Hall–Kier alpha value is -2.38. The van der Waals surface area contributed by atoms with Crippen LogP contribution in [-0.2, 0) is 12.8 Å². The number of rotatable bonds is 3. The molecule has 3 aromatic rings. The van der Waals surface area contributed by atoms with Crippen molar-refractivity contribution in [1.82, 2.24) is 9.97 Å². The fourth-order valence-corrected chi connectivity index (χ4v) is 6.30. The van der Waals surface area contributed by atoms with Gasteiger partial charge in [0, 0.05) is 10.6 Å². The molecule has 0 amide bonds. The van der Waals surface area contributed by atoms with Gasteiger partial charge in [0.25, 0.3) is 5.56 Å².